The molecule has 1 nitrogen and oxygen atoms in total. The Morgan fingerprint density at radius 1 is 1.75 bits per heavy atom. The largest absolute Gasteiger partial charge is 0.380 e. The van der Waals surface area contributed by atoms with Gasteiger partial charge in [0.1, 0.15) is 0 Å². The Kier molecular flexibility index (Phi) is 0.706. The van der Waals surface area contributed by atoms with Gasteiger partial charge >= 0.3 is 0 Å². The molecule has 1 heteroatoms. The van der Waals surface area contributed by atoms with Crippen LogP contribution in [0.1, 0.15) is 12.8 Å². The molecule has 0 bridgehead atoms. The van der Waals surface area contributed by atoms with Crippen molar-refractivity contribution in [1.29, 1.82) is 0 Å². The van der Waals surface area contributed by atoms with Crippen molar-refractivity contribution in [3.8, 4) is 0 Å². The maximum Gasteiger partial charge on any atom is 0.0175 e. The van der Waals surface area contributed by atoms with Gasteiger partial charge in [0.15, 0.2) is 0 Å². The molecule has 8 heavy (non-hydrogen) atoms. The summed E-state index contributed by atoms with van der Waals surface area (Å²) in [6.07, 6.45) is 5.10. The third-order valence-electron chi connectivity index (χ3n) is 2.06. The number of allylic oxidation sites excluding steroid dienone is 1. The minimum atomic E-state index is 1.01. The Labute approximate surface area is 50.0 Å². The highest BCUT2D eigenvalue weighted by molar-refractivity contribution is 5.24. The fourth-order valence-corrected chi connectivity index (χ4v) is 1.38. The quantitative estimate of drug-likeness (QED) is 0.452. The van der Waals surface area contributed by atoms with Gasteiger partial charge in [0.2, 0.25) is 0 Å². The molecule has 0 aromatic heterocycles. The van der Waals surface area contributed by atoms with Crippen LogP contribution < -0.4 is 0 Å². The smallest absolute Gasteiger partial charge is 0.0175 e. The summed E-state index contributed by atoms with van der Waals surface area (Å²) >= 11 is 0. The van der Waals surface area contributed by atoms with Crippen LogP contribution in [0, 0.1) is 5.92 Å². The lowest BCUT2D eigenvalue weighted by atomic mass is 10.2. The van der Waals surface area contributed by atoms with Gasteiger partial charge in [-0.2, -0.15) is 0 Å². The van der Waals surface area contributed by atoms with E-state index < -0.39 is 0 Å². The molecular weight excluding hydrogens is 98.1 g/mol. The van der Waals surface area contributed by atoms with Crippen molar-refractivity contribution in [3.63, 3.8) is 0 Å². The van der Waals surface area contributed by atoms with Crippen LogP contribution >= 0.6 is 0 Å². The first-order valence-corrected chi connectivity index (χ1v) is 3.27. The summed E-state index contributed by atoms with van der Waals surface area (Å²) in [5.74, 6) is 1.01. The van der Waals surface area contributed by atoms with Crippen LogP contribution in [0.2, 0.25) is 0 Å². The molecule has 1 unspecified atom stereocenters. The Morgan fingerprint density at radius 2 is 2.62 bits per heavy atom. The molecule has 0 radical (unpaired) electrons. The van der Waals surface area contributed by atoms with Gasteiger partial charge < -0.3 is 4.90 Å². The molecule has 2 rings (SSSR count). The lowest BCUT2D eigenvalue weighted by Gasteiger charge is -2.15. The van der Waals surface area contributed by atoms with Crippen molar-refractivity contribution in [1.82, 2.24) is 4.90 Å². The van der Waals surface area contributed by atoms with Crippen molar-refractivity contribution in [2.24, 2.45) is 5.92 Å². The highest BCUT2D eigenvalue weighted by Crippen LogP contribution is 2.42. The number of hydrogen-bond acceptors (Lipinski definition) is 1. The number of rotatable bonds is 0. The lowest BCUT2D eigenvalue weighted by Crippen LogP contribution is -2.15. The summed E-state index contributed by atoms with van der Waals surface area (Å²) < 4.78 is 0. The Bertz CT molecular complexity index is 137. The minimum Gasteiger partial charge on any atom is -0.380 e. The molecule has 1 fully saturated rings. The van der Waals surface area contributed by atoms with E-state index in [1.165, 1.54) is 19.4 Å². The first kappa shape index (κ1) is 4.42. The third-order valence-corrected chi connectivity index (χ3v) is 2.06. The van der Waals surface area contributed by atoms with E-state index in [0.29, 0.717) is 0 Å². The molecule has 1 heterocycles. The van der Waals surface area contributed by atoms with Crippen molar-refractivity contribution < 1.29 is 0 Å². The van der Waals surface area contributed by atoms with Crippen molar-refractivity contribution in [2.45, 2.75) is 12.8 Å². The topological polar surface area (TPSA) is 3.24 Å². The van der Waals surface area contributed by atoms with Crippen LogP contribution in [0.15, 0.2) is 11.8 Å². The van der Waals surface area contributed by atoms with Crippen LogP contribution in [0.25, 0.3) is 0 Å². The van der Waals surface area contributed by atoms with Crippen molar-refractivity contribution in [3.05, 3.63) is 11.8 Å². The molecular formula is C7H11N. The zero-order valence-corrected chi connectivity index (χ0v) is 5.22. The summed E-state index contributed by atoms with van der Waals surface area (Å²) in [5, 5.41) is 0. The fraction of sp³-hybridized carbons (Fsp3) is 0.714. The van der Waals surface area contributed by atoms with Gasteiger partial charge in [0, 0.05) is 13.6 Å². The average molecular weight is 109 g/mol. The van der Waals surface area contributed by atoms with Gasteiger partial charge in [0.25, 0.3) is 0 Å². The Morgan fingerprint density at radius 3 is 3.25 bits per heavy atom. The average Bonchev–Trinajstić information content (AvgIpc) is 2.43. The first-order chi connectivity index (χ1) is 3.86. The second kappa shape index (κ2) is 1.28. The first-order valence-electron chi connectivity index (χ1n) is 3.27. The standard InChI is InChI=1S/C7H11N/c1-8-3-2-6-4-7(6)5-8/h5-6H,2-4H2,1H3. The third kappa shape index (κ3) is 0.540. The van der Waals surface area contributed by atoms with E-state index in [-0.39, 0.29) is 0 Å². The molecule has 1 saturated carbocycles. The molecule has 2 aliphatic rings. The van der Waals surface area contributed by atoms with Gasteiger partial charge in [0.05, 0.1) is 0 Å². The lowest BCUT2D eigenvalue weighted by molar-refractivity contribution is 0.416. The van der Waals surface area contributed by atoms with Crippen molar-refractivity contribution >= 4 is 0 Å². The highest BCUT2D eigenvalue weighted by Gasteiger charge is 2.32. The van der Waals surface area contributed by atoms with Gasteiger partial charge in [-0.25, -0.2) is 0 Å². The monoisotopic (exact) mass is 109 g/mol. The SMILES string of the molecule is CN1C=C2CC2CC1. The summed E-state index contributed by atoms with van der Waals surface area (Å²) in [7, 11) is 2.15. The van der Waals surface area contributed by atoms with E-state index >= 15 is 0 Å². The molecule has 0 spiro atoms. The van der Waals surface area contributed by atoms with Gasteiger partial charge in [-0.1, -0.05) is 5.57 Å². The predicted molar refractivity (Wildman–Crippen MR) is 33.4 cm³/mol. The van der Waals surface area contributed by atoms with Gasteiger partial charge in [-0.3, -0.25) is 0 Å². The maximum absolute atomic E-state index is 2.30. The van der Waals surface area contributed by atoms with E-state index in [1.807, 2.05) is 0 Å². The molecule has 0 N–H and O–H groups in total. The van der Waals surface area contributed by atoms with E-state index in [0.717, 1.165) is 5.92 Å². The summed E-state index contributed by atoms with van der Waals surface area (Å²) in [5.41, 5.74) is 1.68. The Hall–Kier alpha value is -0.460. The highest BCUT2D eigenvalue weighted by atomic mass is 15.1. The fourth-order valence-electron chi connectivity index (χ4n) is 1.38. The van der Waals surface area contributed by atoms with E-state index in [4.69, 9.17) is 0 Å². The van der Waals surface area contributed by atoms with Crippen LogP contribution in [0.3, 0.4) is 0 Å². The number of nitrogens with zero attached hydrogens (tertiary/aromatic N) is 1. The van der Waals surface area contributed by atoms with Crippen LogP contribution in [0.4, 0.5) is 0 Å². The molecule has 1 atom stereocenters. The number of hydrogen-bond donors (Lipinski definition) is 0. The van der Waals surface area contributed by atoms with Gasteiger partial charge in [-0.15, -0.1) is 0 Å². The second-order valence-electron chi connectivity index (χ2n) is 2.87. The molecule has 0 amide bonds. The maximum atomic E-state index is 2.30. The summed E-state index contributed by atoms with van der Waals surface area (Å²) in [6.45, 7) is 1.27. The zero-order chi connectivity index (χ0) is 5.56. The summed E-state index contributed by atoms with van der Waals surface area (Å²) in [6, 6.07) is 0. The molecule has 0 aromatic rings. The molecule has 1 aliphatic carbocycles. The molecule has 1 aliphatic heterocycles. The Balaban J connectivity index is 2.16. The van der Waals surface area contributed by atoms with Crippen molar-refractivity contribution in [2.75, 3.05) is 13.6 Å². The zero-order valence-electron chi connectivity index (χ0n) is 5.22. The minimum absolute atomic E-state index is 1.01. The predicted octanol–water partition coefficient (Wildman–Crippen LogP) is 1.23. The van der Waals surface area contributed by atoms with E-state index in [1.54, 1.807) is 5.57 Å². The van der Waals surface area contributed by atoms with Crippen LogP contribution in [-0.2, 0) is 0 Å². The normalized spacial score (nSPS) is 33.9. The van der Waals surface area contributed by atoms with E-state index in [2.05, 4.69) is 18.1 Å². The van der Waals surface area contributed by atoms with Crippen LogP contribution in [-0.4, -0.2) is 18.5 Å². The second-order valence-corrected chi connectivity index (χ2v) is 2.87. The molecule has 0 saturated heterocycles. The van der Waals surface area contributed by atoms with Crippen LogP contribution in [0.5, 0.6) is 0 Å². The van der Waals surface area contributed by atoms with Gasteiger partial charge in [-0.05, 0) is 25.0 Å². The summed E-state index contributed by atoms with van der Waals surface area (Å²) in [4.78, 5) is 2.29. The number of fused-ring (bicyclic) bond motifs is 1. The molecule has 0 aromatic carbocycles. The van der Waals surface area contributed by atoms with E-state index in [9.17, 15) is 0 Å². The molecule has 44 valence electrons.